The van der Waals surface area contributed by atoms with Gasteiger partial charge in [-0.2, -0.15) is 0 Å². The van der Waals surface area contributed by atoms with Crippen LogP contribution in [0.5, 0.6) is 0 Å². The minimum atomic E-state index is -2.58. The van der Waals surface area contributed by atoms with Crippen LogP contribution in [0.3, 0.4) is 0 Å². The normalized spacial score (nSPS) is 10.1. The van der Waals surface area contributed by atoms with E-state index in [9.17, 15) is 8.42 Å². The van der Waals surface area contributed by atoms with Crippen molar-refractivity contribution < 1.29 is 8.42 Å². The van der Waals surface area contributed by atoms with Crippen LogP contribution in [0.4, 0.5) is 5.69 Å². The van der Waals surface area contributed by atoms with Gasteiger partial charge < -0.3 is 5.73 Å². The fourth-order valence-corrected chi connectivity index (χ4v) is 1.14. The lowest BCUT2D eigenvalue weighted by Crippen LogP contribution is -1.87. The highest BCUT2D eigenvalue weighted by atomic mass is 32.2. The molecule has 64 valence electrons. The summed E-state index contributed by atoms with van der Waals surface area (Å²) in [4.78, 5) is 0.116. The molecule has 0 atom stereocenters. The zero-order valence-corrected chi connectivity index (χ0v) is 7.25. The van der Waals surface area contributed by atoms with Gasteiger partial charge in [0.2, 0.25) is 0 Å². The number of hydrogen-bond donors (Lipinski definition) is 2. The molecule has 1 aromatic rings. The van der Waals surface area contributed by atoms with E-state index in [0.717, 1.165) is 0 Å². The van der Waals surface area contributed by atoms with Crippen LogP contribution >= 0.6 is 0 Å². The van der Waals surface area contributed by atoms with E-state index >= 15 is 0 Å². The molecule has 0 aliphatic rings. The standard InChI is InChI=1S/C8H9NO2S/c1-6(12(10)11)7-2-4-8(9)5-3-7/h2-5,12H,1,9H2. The van der Waals surface area contributed by atoms with Gasteiger partial charge in [-0.3, -0.25) is 0 Å². The first-order valence-corrected chi connectivity index (χ1v) is 4.48. The number of benzene rings is 1. The van der Waals surface area contributed by atoms with Crippen molar-refractivity contribution in [3.8, 4) is 0 Å². The molecule has 1 rings (SSSR count). The summed E-state index contributed by atoms with van der Waals surface area (Å²) in [6.45, 7) is 3.42. The molecule has 0 saturated carbocycles. The van der Waals surface area contributed by atoms with Crippen LogP contribution in [0.15, 0.2) is 30.8 Å². The smallest absolute Gasteiger partial charge is 0.168 e. The Bertz CT molecular complexity index is 357. The maximum absolute atomic E-state index is 10.5. The third-order valence-electron chi connectivity index (χ3n) is 1.46. The molecule has 0 radical (unpaired) electrons. The number of hydrogen-bond acceptors (Lipinski definition) is 3. The van der Waals surface area contributed by atoms with Crippen molar-refractivity contribution in [2.75, 3.05) is 5.73 Å². The van der Waals surface area contributed by atoms with Crippen LogP contribution in [0.25, 0.3) is 4.91 Å². The molecule has 0 aliphatic carbocycles. The molecule has 0 heterocycles. The molecule has 12 heavy (non-hydrogen) atoms. The summed E-state index contributed by atoms with van der Waals surface area (Å²) in [5, 5.41) is 0. The maximum Gasteiger partial charge on any atom is 0.168 e. The van der Waals surface area contributed by atoms with Gasteiger partial charge in [0.15, 0.2) is 10.7 Å². The van der Waals surface area contributed by atoms with Gasteiger partial charge in [-0.15, -0.1) is 0 Å². The topological polar surface area (TPSA) is 60.2 Å². The molecule has 3 nitrogen and oxygen atoms in total. The first-order valence-electron chi connectivity index (χ1n) is 3.30. The fraction of sp³-hybridized carbons (Fsp3) is 0. The Morgan fingerprint density at radius 2 is 1.75 bits per heavy atom. The Balaban J connectivity index is 3.05. The molecular weight excluding hydrogens is 174 g/mol. The Labute approximate surface area is 72.5 Å². The Morgan fingerprint density at radius 3 is 2.17 bits per heavy atom. The van der Waals surface area contributed by atoms with E-state index in [1.165, 1.54) is 0 Å². The second-order valence-electron chi connectivity index (χ2n) is 2.33. The van der Waals surface area contributed by atoms with Crippen molar-refractivity contribution in [3.05, 3.63) is 36.4 Å². The zero-order valence-electron chi connectivity index (χ0n) is 6.36. The minimum absolute atomic E-state index is 0.116. The first-order chi connectivity index (χ1) is 5.61. The van der Waals surface area contributed by atoms with Crippen LogP contribution in [-0.4, -0.2) is 8.42 Å². The van der Waals surface area contributed by atoms with Gasteiger partial charge in [0, 0.05) is 5.69 Å². The van der Waals surface area contributed by atoms with Crippen LogP contribution in [0.1, 0.15) is 5.56 Å². The molecular formula is C8H9NO2S. The molecule has 0 aliphatic heterocycles. The van der Waals surface area contributed by atoms with E-state index in [1.54, 1.807) is 24.3 Å². The van der Waals surface area contributed by atoms with Gasteiger partial charge in [0.05, 0.1) is 4.91 Å². The predicted molar refractivity (Wildman–Crippen MR) is 50.2 cm³/mol. The average molecular weight is 183 g/mol. The maximum atomic E-state index is 10.5. The zero-order chi connectivity index (χ0) is 9.14. The average Bonchev–Trinajstić information content (AvgIpc) is 2.04. The number of thiol groups is 1. The quantitative estimate of drug-likeness (QED) is 0.528. The number of rotatable bonds is 2. The van der Waals surface area contributed by atoms with Crippen molar-refractivity contribution in [1.29, 1.82) is 0 Å². The Kier molecular flexibility index (Phi) is 2.50. The van der Waals surface area contributed by atoms with E-state index in [1.807, 2.05) is 0 Å². The van der Waals surface area contributed by atoms with Crippen LogP contribution in [-0.2, 0) is 10.7 Å². The van der Waals surface area contributed by atoms with Crippen LogP contribution < -0.4 is 5.73 Å². The van der Waals surface area contributed by atoms with Gasteiger partial charge in [0.25, 0.3) is 0 Å². The van der Waals surface area contributed by atoms with Crippen molar-refractivity contribution in [3.63, 3.8) is 0 Å². The molecule has 0 bridgehead atoms. The fourth-order valence-electron chi connectivity index (χ4n) is 0.781. The monoisotopic (exact) mass is 183 g/mol. The number of anilines is 1. The molecule has 0 unspecified atom stereocenters. The van der Waals surface area contributed by atoms with Gasteiger partial charge in [-0.1, -0.05) is 18.7 Å². The predicted octanol–water partition coefficient (Wildman–Crippen LogP) is 0.851. The summed E-state index contributed by atoms with van der Waals surface area (Å²) in [5.41, 5.74) is 6.61. The van der Waals surface area contributed by atoms with Crippen molar-refractivity contribution >= 4 is 21.3 Å². The minimum Gasteiger partial charge on any atom is -0.399 e. The highest BCUT2D eigenvalue weighted by Gasteiger charge is 1.99. The molecule has 0 aromatic heterocycles. The summed E-state index contributed by atoms with van der Waals surface area (Å²) in [6.07, 6.45) is 0. The molecule has 0 amide bonds. The molecule has 2 N–H and O–H groups in total. The summed E-state index contributed by atoms with van der Waals surface area (Å²) in [7, 11) is -2.58. The lowest BCUT2D eigenvalue weighted by molar-refractivity contribution is 0.623. The van der Waals surface area contributed by atoms with E-state index in [-0.39, 0.29) is 4.91 Å². The summed E-state index contributed by atoms with van der Waals surface area (Å²) < 4.78 is 21.0. The lowest BCUT2D eigenvalue weighted by atomic mass is 10.2. The SMILES string of the molecule is C=C(c1ccc(N)cc1)[SH](=O)=O. The van der Waals surface area contributed by atoms with Gasteiger partial charge in [0.1, 0.15) is 0 Å². The van der Waals surface area contributed by atoms with Crippen molar-refractivity contribution in [2.45, 2.75) is 0 Å². The van der Waals surface area contributed by atoms with Gasteiger partial charge in [-0.05, 0) is 17.7 Å². The van der Waals surface area contributed by atoms with Crippen LogP contribution in [0, 0.1) is 0 Å². The summed E-state index contributed by atoms with van der Waals surface area (Å²) >= 11 is 0. The molecule has 1 aromatic carbocycles. The lowest BCUT2D eigenvalue weighted by Gasteiger charge is -1.97. The number of nitrogen functional groups attached to an aromatic ring is 1. The summed E-state index contributed by atoms with van der Waals surface area (Å²) in [5.74, 6) is 0. The summed E-state index contributed by atoms with van der Waals surface area (Å²) in [6, 6.07) is 6.53. The molecule has 0 spiro atoms. The first kappa shape index (κ1) is 8.80. The van der Waals surface area contributed by atoms with Gasteiger partial charge in [-0.25, -0.2) is 8.42 Å². The molecule has 0 fully saturated rings. The number of nitrogens with two attached hydrogens (primary N) is 1. The third-order valence-corrected chi connectivity index (χ3v) is 2.16. The van der Waals surface area contributed by atoms with Gasteiger partial charge >= 0.3 is 0 Å². The van der Waals surface area contributed by atoms with Crippen molar-refractivity contribution in [2.24, 2.45) is 0 Å². The van der Waals surface area contributed by atoms with Crippen molar-refractivity contribution in [1.82, 2.24) is 0 Å². The Hall–Kier alpha value is -1.29. The van der Waals surface area contributed by atoms with E-state index in [0.29, 0.717) is 11.3 Å². The van der Waals surface area contributed by atoms with E-state index in [4.69, 9.17) is 5.73 Å². The highest BCUT2D eigenvalue weighted by Crippen LogP contribution is 2.14. The second kappa shape index (κ2) is 3.40. The Morgan fingerprint density at radius 1 is 1.25 bits per heavy atom. The largest absolute Gasteiger partial charge is 0.399 e. The van der Waals surface area contributed by atoms with E-state index < -0.39 is 10.7 Å². The second-order valence-corrected chi connectivity index (χ2v) is 3.38. The highest BCUT2D eigenvalue weighted by molar-refractivity contribution is 7.82. The van der Waals surface area contributed by atoms with E-state index in [2.05, 4.69) is 6.58 Å². The molecule has 4 heteroatoms. The molecule has 0 saturated heterocycles. The van der Waals surface area contributed by atoms with Crippen LogP contribution in [0.2, 0.25) is 0 Å². The third kappa shape index (κ3) is 1.85.